The lowest BCUT2D eigenvalue weighted by atomic mass is 10.2. The molecule has 0 fully saturated rings. The van der Waals surface area contributed by atoms with Gasteiger partial charge in [-0.15, -0.1) is 0 Å². The summed E-state index contributed by atoms with van der Waals surface area (Å²) in [5, 5.41) is 6.97. The molecule has 0 aliphatic carbocycles. The predicted molar refractivity (Wildman–Crippen MR) is 73.8 cm³/mol. The van der Waals surface area contributed by atoms with Gasteiger partial charge in [0.15, 0.2) is 11.6 Å². The number of hydrogen-bond donors (Lipinski definition) is 1. The monoisotopic (exact) mass is 269 g/mol. The third-order valence-electron chi connectivity index (χ3n) is 2.93. The second-order valence-corrected chi connectivity index (χ2v) is 4.25. The second-order valence-electron chi connectivity index (χ2n) is 4.25. The average molecular weight is 269 g/mol. The van der Waals surface area contributed by atoms with Gasteiger partial charge in [-0.3, -0.25) is 5.10 Å². The van der Waals surface area contributed by atoms with Gasteiger partial charge in [0.1, 0.15) is 11.6 Å². The Kier molecular flexibility index (Phi) is 3.16. The fraction of sp³-hybridized carbons (Fsp3) is 0.0667. The van der Waals surface area contributed by atoms with Crippen molar-refractivity contribution in [2.24, 2.45) is 0 Å². The minimum atomic E-state index is -0.307. The number of halogens is 1. The van der Waals surface area contributed by atoms with Crippen LogP contribution < -0.4 is 4.74 Å². The lowest BCUT2D eigenvalue weighted by molar-refractivity contribution is 0.415. The van der Waals surface area contributed by atoms with Crippen LogP contribution in [0.25, 0.3) is 22.8 Å². The van der Waals surface area contributed by atoms with E-state index < -0.39 is 0 Å². The highest BCUT2D eigenvalue weighted by Gasteiger charge is 2.08. The van der Waals surface area contributed by atoms with Crippen LogP contribution in [0.15, 0.2) is 48.5 Å². The minimum Gasteiger partial charge on any atom is -0.497 e. The minimum absolute atomic E-state index is 0.307. The van der Waals surface area contributed by atoms with E-state index in [4.69, 9.17) is 4.74 Å². The Hall–Kier alpha value is -2.69. The summed E-state index contributed by atoms with van der Waals surface area (Å²) >= 11 is 0. The molecule has 100 valence electrons. The molecule has 1 aromatic heterocycles. The van der Waals surface area contributed by atoms with Crippen LogP contribution in [0.2, 0.25) is 0 Å². The van der Waals surface area contributed by atoms with Crippen molar-refractivity contribution in [2.45, 2.75) is 0 Å². The molecule has 4 nitrogen and oxygen atoms in total. The van der Waals surface area contributed by atoms with E-state index in [2.05, 4.69) is 15.2 Å². The van der Waals surface area contributed by atoms with Crippen LogP contribution >= 0.6 is 0 Å². The Morgan fingerprint density at radius 3 is 2.55 bits per heavy atom. The highest BCUT2D eigenvalue weighted by Crippen LogP contribution is 2.22. The van der Waals surface area contributed by atoms with Crippen molar-refractivity contribution in [2.75, 3.05) is 7.11 Å². The Bertz CT molecular complexity index is 722. The summed E-state index contributed by atoms with van der Waals surface area (Å²) in [5.74, 6) is 1.57. The Balaban J connectivity index is 1.93. The summed E-state index contributed by atoms with van der Waals surface area (Å²) < 4.78 is 18.3. The molecule has 5 heteroatoms. The quantitative estimate of drug-likeness (QED) is 0.793. The number of ether oxygens (including phenoxy) is 1. The third kappa shape index (κ3) is 2.38. The van der Waals surface area contributed by atoms with E-state index in [9.17, 15) is 4.39 Å². The number of nitrogens with zero attached hydrogens (tertiary/aromatic N) is 2. The zero-order valence-corrected chi connectivity index (χ0v) is 10.8. The molecule has 0 saturated heterocycles. The molecule has 2 aromatic carbocycles. The van der Waals surface area contributed by atoms with Crippen LogP contribution in [0.1, 0.15) is 0 Å². The highest BCUT2D eigenvalue weighted by molar-refractivity contribution is 5.61. The molecule has 0 atom stereocenters. The first-order chi connectivity index (χ1) is 9.76. The molecule has 3 rings (SSSR count). The summed E-state index contributed by atoms with van der Waals surface area (Å²) in [6.07, 6.45) is 0. The van der Waals surface area contributed by atoms with E-state index in [1.54, 1.807) is 19.2 Å². The molecule has 0 radical (unpaired) electrons. The molecule has 0 unspecified atom stereocenters. The molecule has 0 amide bonds. The topological polar surface area (TPSA) is 50.8 Å². The maximum absolute atomic E-state index is 13.2. The van der Waals surface area contributed by atoms with E-state index in [0.29, 0.717) is 17.2 Å². The van der Waals surface area contributed by atoms with Crippen LogP contribution in [-0.2, 0) is 0 Å². The number of rotatable bonds is 3. The summed E-state index contributed by atoms with van der Waals surface area (Å²) in [6.45, 7) is 0. The molecule has 0 aliphatic heterocycles. The van der Waals surface area contributed by atoms with Gasteiger partial charge in [0.2, 0.25) is 0 Å². The van der Waals surface area contributed by atoms with Gasteiger partial charge in [0, 0.05) is 11.1 Å². The number of hydrogen-bond acceptors (Lipinski definition) is 3. The van der Waals surface area contributed by atoms with Crippen molar-refractivity contribution in [3.8, 4) is 28.5 Å². The van der Waals surface area contributed by atoms with Crippen molar-refractivity contribution in [3.05, 3.63) is 54.3 Å². The van der Waals surface area contributed by atoms with Gasteiger partial charge in [-0.25, -0.2) is 9.37 Å². The fourth-order valence-electron chi connectivity index (χ4n) is 1.90. The lowest BCUT2D eigenvalue weighted by Gasteiger charge is -1.99. The van der Waals surface area contributed by atoms with Crippen LogP contribution in [0.3, 0.4) is 0 Å². The van der Waals surface area contributed by atoms with Crippen LogP contribution in [0.4, 0.5) is 4.39 Å². The second kappa shape index (κ2) is 5.13. The van der Waals surface area contributed by atoms with Gasteiger partial charge in [-0.05, 0) is 36.4 Å². The van der Waals surface area contributed by atoms with E-state index in [0.717, 1.165) is 11.3 Å². The van der Waals surface area contributed by atoms with Gasteiger partial charge in [0.25, 0.3) is 0 Å². The third-order valence-corrected chi connectivity index (χ3v) is 2.93. The van der Waals surface area contributed by atoms with Crippen molar-refractivity contribution in [1.82, 2.24) is 15.2 Å². The molecular formula is C15H12FN3O. The number of methoxy groups -OCH3 is 1. The maximum Gasteiger partial charge on any atom is 0.181 e. The van der Waals surface area contributed by atoms with Gasteiger partial charge < -0.3 is 4.74 Å². The number of nitrogens with one attached hydrogen (secondary N) is 1. The lowest BCUT2D eigenvalue weighted by Crippen LogP contribution is -1.84. The number of aromatic amines is 1. The van der Waals surface area contributed by atoms with Gasteiger partial charge >= 0.3 is 0 Å². The normalized spacial score (nSPS) is 10.5. The smallest absolute Gasteiger partial charge is 0.181 e. The van der Waals surface area contributed by atoms with Gasteiger partial charge in [0.05, 0.1) is 7.11 Å². The van der Waals surface area contributed by atoms with Crippen molar-refractivity contribution in [3.63, 3.8) is 0 Å². The first-order valence-electron chi connectivity index (χ1n) is 6.09. The predicted octanol–water partition coefficient (Wildman–Crippen LogP) is 3.29. The fourth-order valence-corrected chi connectivity index (χ4v) is 1.90. The number of aromatic nitrogens is 3. The van der Waals surface area contributed by atoms with E-state index in [-0.39, 0.29) is 5.82 Å². The van der Waals surface area contributed by atoms with E-state index in [1.807, 2.05) is 24.3 Å². The van der Waals surface area contributed by atoms with E-state index in [1.165, 1.54) is 12.1 Å². The summed E-state index contributed by atoms with van der Waals surface area (Å²) in [7, 11) is 1.62. The standard InChI is InChI=1S/C15H12FN3O/c1-20-13-7-5-10(6-8-13)14-17-15(19-18-14)11-3-2-4-12(16)9-11/h2-9H,1H3,(H,17,18,19). The summed E-state index contributed by atoms with van der Waals surface area (Å²) in [4.78, 5) is 4.37. The average Bonchev–Trinajstić information content (AvgIpc) is 2.97. The molecule has 0 saturated carbocycles. The molecule has 0 aliphatic rings. The molecule has 20 heavy (non-hydrogen) atoms. The van der Waals surface area contributed by atoms with Gasteiger partial charge in [-0.1, -0.05) is 12.1 Å². The molecular weight excluding hydrogens is 257 g/mol. The first-order valence-corrected chi connectivity index (χ1v) is 6.09. The molecule has 0 bridgehead atoms. The van der Waals surface area contributed by atoms with Crippen molar-refractivity contribution < 1.29 is 9.13 Å². The summed E-state index contributed by atoms with van der Waals surface area (Å²) in [6, 6.07) is 13.7. The zero-order chi connectivity index (χ0) is 13.9. The molecule has 0 spiro atoms. The largest absolute Gasteiger partial charge is 0.497 e. The van der Waals surface area contributed by atoms with Crippen LogP contribution in [0, 0.1) is 5.82 Å². The SMILES string of the molecule is COc1ccc(-c2nc(-c3cccc(F)c3)n[nH]2)cc1. The molecule has 1 N–H and O–H groups in total. The van der Waals surface area contributed by atoms with Crippen molar-refractivity contribution in [1.29, 1.82) is 0 Å². The van der Waals surface area contributed by atoms with Crippen molar-refractivity contribution >= 4 is 0 Å². The Labute approximate surface area is 115 Å². The number of benzene rings is 2. The first kappa shape index (κ1) is 12.3. The Morgan fingerprint density at radius 2 is 1.85 bits per heavy atom. The molecule has 3 aromatic rings. The van der Waals surface area contributed by atoms with Crippen LogP contribution in [0.5, 0.6) is 5.75 Å². The Morgan fingerprint density at radius 1 is 1.05 bits per heavy atom. The number of H-pyrrole nitrogens is 1. The van der Waals surface area contributed by atoms with Crippen LogP contribution in [-0.4, -0.2) is 22.3 Å². The van der Waals surface area contributed by atoms with E-state index >= 15 is 0 Å². The maximum atomic E-state index is 13.2. The highest BCUT2D eigenvalue weighted by atomic mass is 19.1. The van der Waals surface area contributed by atoms with Gasteiger partial charge in [-0.2, -0.15) is 5.10 Å². The summed E-state index contributed by atoms with van der Waals surface area (Å²) in [5.41, 5.74) is 1.53. The zero-order valence-electron chi connectivity index (χ0n) is 10.8. The molecule has 1 heterocycles.